The van der Waals surface area contributed by atoms with Crippen LogP contribution in [0.25, 0.3) is 22.3 Å². The van der Waals surface area contributed by atoms with Crippen molar-refractivity contribution < 1.29 is 13.7 Å². The van der Waals surface area contributed by atoms with Gasteiger partial charge in [-0.25, -0.2) is 9.18 Å². The minimum Gasteiger partial charge on any atom is -0.361 e. The summed E-state index contributed by atoms with van der Waals surface area (Å²) in [5.74, 6) is 0.630. The lowest BCUT2D eigenvalue weighted by Crippen LogP contribution is -2.37. The standard InChI is InChI=1S/C21H19ClFN5O2/c22-15-3-1-13(2-4-15)20-27-19(30-28-20)8-10-25-21(29)24-9-7-14-12-26-18-11-16(23)5-6-17(14)18/h1-6,11-12,26H,7-10H2,(H2,24,25,29). The molecule has 0 aliphatic rings. The number of aromatic amines is 1. The van der Waals surface area contributed by atoms with Gasteiger partial charge < -0.3 is 20.1 Å². The van der Waals surface area contributed by atoms with Crippen LogP contribution >= 0.6 is 11.6 Å². The van der Waals surface area contributed by atoms with Crippen LogP contribution in [-0.4, -0.2) is 34.2 Å². The Bertz CT molecular complexity index is 1160. The Morgan fingerprint density at radius 2 is 1.87 bits per heavy atom. The molecule has 2 aromatic carbocycles. The number of benzene rings is 2. The van der Waals surface area contributed by atoms with E-state index in [-0.39, 0.29) is 11.8 Å². The van der Waals surface area contributed by atoms with E-state index in [9.17, 15) is 9.18 Å². The lowest BCUT2D eigenvalue weighted by Gasteiger charge is -2.06. The highest BCUT2D eigenvalue weighted by Gasteiger charge is 2.10. The molecule has 0 atom stereocenters. The quantitative estimate of drug-likeness (QED) is 0.414. The van der Waals surface area contributed by atoms with E-state index in [2.05, 4.69) is 25.8 Å². The first-order valence-electron chi connectivity index (χ1n) is 9.44. The van der Waals surface area contributed by atoms with Gasteiger partial charge in [0.1, 0.15) is 5.82 Å². The fraction of sp³-hybridized carbons (Fsp3) is 0.190. The summed E-state index contributed by atoms with van der Waals surface area (Å²) >= 11 is 5.87. The number of halogens is 2. The highest BCUT2D eigenvalue weighted by Crippen LogP contribution is 2.20. The molecule has 0 aliphatic carbocycles. The molecule has 0 bridgehead atoms. The van der Waals surface area contributed by atoms with Crippen molar-refractivity contribution in [2.45, 2.75) is 12.8 Å². The van der Waals surface area contributed by atoms with E-state index in [0.29, 0.717) is 42.7 Å². The summed E-state index contributed by atoms with van der Waals surface area (Å²) in [7, 11) is 0. The second-order valence-electron chi connectivity index (χ2n) is 6.71. The third kappa shape index (κ3) is 4.77. The maximum absolute atomic E-state index is 13.2. The van der Waals surface area contributed by atoms with Crippen molar-refractivity contribution in [3.05, 3.63) is 71.0 Å². The SMILES string of the molecule is O=C(NCCc1nc(-c2ccc(Cl)cc2)no1)NCCc1c[nH]c2cc(F)ccc12. The third-order valence-corrected chi connectivity index (χ3v) is 4.86. The van der Waals surface area contributed by atoms with E-state index in [1.807, 2.05) is 18.3 Å². The molecule has 2 amide bonds. The summed E-state index contributed by atoms with van der Waals surface area (Å²) in [6, 6.07) is 11.5. The van der Waals surface area contributed by atoms with Gasteiger partial charge in [0.05, 0.1) is 0 Å². The average molecular weight is 428 g/mol. The van der Waals surface area contributed by atoms with Gasteiger partial charge in [-0.05, 0) is 54.4 Å². The predicted molar refractivity (Wildman–Crippen MR) is 112 cm³/mol. The van der Waals surface area contributed by atoms with E-state index >= 15 is 0 Å². The van der Waals surface area contributed by atoms with Crippen LogP contribution in [0, 0.1) is 5.82 Å². The molecule has 2 heterocycles. The van der Waals surface area contributed by atoms with Crippen LogP contribution in [-0.2, 0) is 12.8 Å². The van der Waals surface area contributed by atoms with Gasteiger partial charge >= 0.3 is 6.03 Å². The van der Waals surface area contributed by atoms with Crippen molar-refractivity contribution in [2.24, 2.45) is 0 Å². The smallest absolute Gasteiger partial charge is 0.314 e. The second kappa shape index (κ2) is 8.96. The molecule has 0 unspecified atom stereocenters. The average Bonchev–Trinajstić information content (AvgIpc) is 3.36. The molecule has 0 radical (unpaired) electrons. The molecule has 0 spiro atoms. The summed E-state index contributed by atoms with van der Waals surface area (Å²) in [6.45, 7) is 0.817. The van der Waals surface area contributed by atoms with Crippen molar-refractivity contribution in [2.75, 3.05) is 13.1 Å². The Hall–Kier alpha value is -3.39. The number of amides is 2. The number of nitrogens with zero attached hydrogens (tertiary/aromatic N) is 2. The van der Waals surface area contributed by atoms with E-state index in [1.54, 1.807) is 18.2 Å². The van der Waals surface area contributed by atoms with Crippen molar-refractivity contribution in [1.82, 2.24) is 25.8 Å². The van der Waals surface area contributed by atoms with Gasteiger partial charge in [-0.15, -0.1) is 0 Å². The molecule has 0 saturated carbocycles. The highest BCUT2D eigenvalue weighted by atomic mass is 35.5. The summed E-state index contributed by atoms with van der Waals surface area (Å²) < 4.78 is 18.5. The van der Waals surface area contributed by atoms with Gasteiger partial charge in [0, 0.05) is 47.2 Å². The van der Waals surface area contributed by atoms with Gasteiger partial charge in [0.15, 0.2) is 0 Å². The zero-order valence-electron chi connectivity index (χ0n) is 15.9. The topological polar surface area (TPSA) is 95.8 Å². The molecule has 30 heavy (non-hydrogen) atoms. The summed E-state index contributed by atoms with van der Waals surface area (Å²) in [4.78, 5) is 19.3. The fourth-order valence-corrected chi connectivity index (χ4v) is 3.22. The van der Waals surface area contributed by atoms with Gasteiger partial charge in [-0.2, -0.15) is 4.98 Å². The molecule has 4 aromatic rings. The van der Waals surface area contributed by atoms with Crippen LogP contribution in [0.3, 0.4) is 0 Å². The zero-order chi connectivity index (χ0) is 20.9. The molecule has 2 aromatic heterocycles. The predicted octanol–water partition coefficient (Wildman–Crippen LogP) is 4.09. The summed E-state index contributed by atoms with van der Waals surface area (Å²) in [5, 5.41) is 11.1. The number of carbonyl (C=O) groups is 1. The van der Waals surface area contributed by atoms with E-state index in [1.165, 1.54) is 12.1 Å². The molecule has 0 saturated heterocycles. The molecule has 9 heteroatoms. The maximum atomic E-state index is 13.2. The van der Waals surface area contributed by atoms with Crippen LogP contribution in [0.5, 0.6) is 0 Å². The molecule has 4 rings (SSSR count). The first-order valence-corrected chi connectivity index (χ1v) is 9.82. The number of carbonyl (C=O) groups excluding carboxylic acids is 1. The maximum Gasteiger partial charge on any atom is 0.314 e. The number of hydrogen-bond acceptors (Lipinski definition) is 4. The summed E-state index contributed by atoms with van der Waals surface area (Å²) in [5.41, 5.74) is 2.57. The number of hydrogen-bond donors (Lipinski definition) is 3. The van der Waals surface area contributed by atoms with Gasteiger partial charge in [0.25, 0.3) is 0 Å². The Balaban J connectivity index is 1.20. The molecule has 7 nitrogen and oxygen atoms in total. The van der Waals surface area contributed by atoms with E-state index in [0.717, 1.165) is 22.0 Å². The molecular weight excluding hydrogens is 409 g/mol. The van der Waals surface area contributed by atoms with Crippen LogP contribution < -0.4 is 10.6 Å². The monoisotopic (exact) mass is 427 g/mol. The Kier molecular flexibility index (Phi) is 5.94. The number of nitrogens with one attached hydrogen (secondary N) is 3. The minimum absolute atomic E-state index is 0.279. The Labute approximate surface area is 176 Å². The first-order chi connectivity index (χ1) is 14.6. The number of H-pyrrole nitrogens is 1. The molecule has 3 N–H and O–H groups in total. The van der Waals surface area contributed by atoms with Crippen molar-refractivity contribution in [3.8, 4) is 11.4 Å². The van der Waals surface area contributed by atoms with E-state index < -0.39 is 0 Å². The van der Waals surface area contributed by atoms with Gasteiger partial charge in [-0.1, -0.05) is 16.8 Å². The molecule has 0 aliphatic heterocycles. The minimum atomic E-state index is -0.282. The number of rotatable bonds is 7. The Morgan fingerprint density at radius 3 is 2.67 bits per heavy atom. The second-order valence-corrected chi connectivity index (χ2v) is 7.14. The summed E-state index contributed by atoms with van der Waals surface area (Å²) in [6.07, 6.45) is 2.88. The number of fused-ring (bicyclic) bond motifs is 1. The Morgan fingerprint density at radius 1 is 1.10 bits per heavy atom. The largest absolute Gasteiger partial charge is 0.361 e. The number of aromatic nitrogens is 3. The lowest BCUT2D eigenvalue weighted by atomic mass is 10.1. The normalized spacial score (nSPS) is 11.0. The van der Waals surface area contributed by atoms with Crippen molar-refractivity contribution >= 4 is 28.5 Å². The van der Waals surface area contributed by atoms with Gasteiger partial charge in [-0.3, -0.25) is 0 Å². The fourth-order valence-electron chi connectivity index (χ4n) is 3.09. The highest BCUT2D eigenvalue weighted by molar-refractivity contribution is 6.30. The van der Waals surface area contributed by atoms with Crippen LogP contribution in [0.15, 0.2) is 53.2 Å². The van der Waals surface area contributed by atoms with Crippen LogP contribution in [0.1, 0.15) is 11.5 Å². The molecular formula is C21H19ClFN5O2. The van der Waals surface area contributed by atoms with Crippen molar-refractivity contribution in [1.29, 1.82) is 0 Å². The zero-order valence-corrected chi connectivity index (χ0v) is 16.7. The third-order valence-electron chi connectivity index (χ3n) is 4.60. The molecule has 0 fully saturated rings. The number of urea groups is 1. The van der Waals surface area contributed by atoms with Crippen molar-refractivity contribution in [3.63, 3.8) is 0 Å². The van der Waals surface area contributed by atoms with E-state index in [4.69, 9.17) is 16.1 Å². The van der Waals surface area contributed by atoms with Crippen LogP contribution in [0.4, 0.5) is 9.18 Å². The van der Waals surface area contributed by atoms with Crippen LogP contribution in [0.2, 0.25) is 5.02 Å². The molecule has 154 valence electrons. The van der Waals surface area contributed by atoms with Gasteiger partial charge in [0.2, 0.25) is 11.7 Å². The first kappa shape index (κ1) is 19.9. The lowest BCUT2D eigenvalue weighted by molar-refractivity contribution is 0.240.